The topological polar surface area (TPSA) is 79.3 Å². The molecule has 0 bridgehead atoms. The van der Waals surface area contributed by atoms with Crippen LogP contribution in [0.25, 0.3) is 5.69 Å². The van der Waals surface area contributed by atoms with Gasteiger partial charge in [0.15, 0.2) is 0 Å². The summed E-state index contributed by atoms with van der Waals surface area (Å²) in [5.41, 5.74) is 7.23. The molecule has 2 N–H and O–H groups in total. The number of aromatic nitrogens is 2. The molecule has 1 fully saturated rings. The van der Waals surface area contributed by atoms with Crippen molar-refractivity contribution in [2.45, 2.75) is 72.1 Å². The van der Waals surface area contributed by atoms with Crippen molar-refractivity contribution in [2.24, 2.45) is 5.92 Å². The summed E-state index contributed by atoms with van der Waals surface area (Å²) in [6.07, 6.45) is 4.38. The molecule has 0 aliphatic carbocycles. The fourth-order valence-electron chi connectivity index (χ4n) is 5.61. The molecule has 1 aliphatic heterocycles. The molecule has 3 aromatic carbocycles. The van der Waals surface area contributed by atoms with Crippen LogP contribution in [0.1, 0.15) is 68.0 Å². The molecule has 7 nitrogen and oxygen atoms in total. The minimum absolute atomic E-state index is 0.160. The van der Waals surface area contributed by atoms with Crippen molar-refractivity contribution in [3.05, 3.63) is 107 Å². The minimum atomic E-state index is -0.314. The van der Waals surface area contributed by atoms with Gasteiger partial charge in [0, 0.05) is 36.7 Å². The van der Waals surface area contributed by atoms with Gasteiger partial charge in [0.2, 0.25) is 5.91 Å². The predicted molar refractivity (Wildman–Crippen MR) is 179 cm³/mol. The third-order valence-electron chi connectivity index (χ3n) is 8.45. The smallest absolute Gasteiger partial charge is 0.324 e. The highest BCUT2D eigenvalue weighted by Crippen LogP contribution is 2.27. The zero-order valence-corrected chi connectivity index (χ0v) is 26.7. The number of rotatable bonds is 8. The van der Waals surface area contributed by atoms with E-state index in [4.69, 9.17) is 5.10 Å². The predicted octanol–water partition coefficient (Wildman–Crippen LogP) is 7.84. The average Bonchev–Trinajstić information content (AvgIpc) is 3.43. The number of urea groups is 1. The second-order valence-electron chi connectivity index (χ2n) is 13.2. The van der Waals surface area contributed by atoms with Crippen LogP contribution in [0.5, 0.6) is 0 Å². The highest BCUT2D eigenvalue weighted by atomic mass is 16.2. The molecular formula is C37H45N5O2. The molecule has 5 rings (SSSR count). The third-order valence-corrected chi connectivity index (χ3v) is 8.45. The highest BCUT2D eigenvalue weighted by Gasteiger charge is 2.24. The van der Waals surface area contributed by atoms with Crippen molar-refractivity contribution >= 4 is 23.4 Å². The van der Waals surface area contributed by atoms with Crippen LogP contribution in [0.4, 0.5) is 16.3 Å². The second kappa shape index (κ2) is 13.5. The Labute approximate surface area is 261 Å². The van der Waals surface area contributed by atoms with Gasteiger partial charge in [-0.1, -0.05) is 80.4 Å². The molecule has 2 heterocycles. The molecular weight excluding hydrogens is 546 g/mol. The molecule has 0 atom stereocenters. The number of anilines is 2. The maximum atomic E-state index is 13.0. The Morgan fingerprint density at radius 1 is 0.818 bits per heavy atom. The van der Waals surface area contributed by atoms with Gasteiger partial charge in [-0.25, -0.2) is 9.48 Å². The van der Waals surface area contributed by atoms with E-state index in [-0.39, 0.29) is 17.4 Å². The van der Waals surface area contributed by atoms with E-state index in [1.165, 1.54) is 16.7 Å². The largest absolute Gasteiger partial charge is 0.343 e. The summed E-state index contributed by atoms with van der Waals surface area (Å²) in [6, 6.07) is 26.2. The van der Waals surface area contributed by atoms with E-state index in [9.17, 15) is 9.59 Å². The first-order chi connectivity index (χ1) is 21.0. The maximum absolute atomic E-state index is 13.0. The monoisotopic (exact) mass is 591 g/mol. The molecule has 230 valence electrons. The Balaban J connectivity index is 1.11. The fraction of sp³-hybridized carbons (Fsp3) is 0.378. The van der Waals surface area contributed by atoms with Gasteiger partial charge in [0.1, 0.15) is 5.82 Å². The number of carbonyl (C=O) groups is 2. The molecule has 3 amide bonds. The Hall–Kier alpha value is -4.39. The van der Waals surface area contributed by atoms with Crippen LogP contribution in [-0.4, -0.2) is 39.7 Å². The first kappa shape index (κ1) is 31.0. The normalized spacial score (nSPS) is 14.0. The number of benzene rings is 3. The summed E-state index contributed by atoms with van der Waals surface area (Å²) in [6.45, 7) is 12.1. The van der Waals surface area contributed by atoms with Gasteiger partial charge in [-0.05, 0) is 80.8 Å². The molecule has 1 saturated heterocycles. The Kier molecular flexibility index (Phi) is 9.52. The molecule has 0 unspecified atom stereocenters. The maximum Gasteiger partial charge on any atom is 0.324 e. The standard InChI is InChI=1S/C37H45N5O2/c1-26-6-10-28(11-7-26)14-19-35(43)41-22-20-30(21-23-41)24-29-12-15-31(16-13-29)38-36(44)39-34-25-33(37(3,4)5)40-42(34)32-17-8-27(2)9-18-32/h6-13,15-18,25,30H,14,19-24H2,1-5H3,(H2,38,39,44). The van der Waals surface area contributed by atoms with Crippen LogP contribution in [0, 0.1) is 19.8 Å². The van der Waals surface area contributed by atoms with Gasteiger partial charge in [-0.15, -0.1) is 0 Å². The zero-order valence-electron chi connectivity index (χ0n) is 26.7. The van der Waals surface area contributed by atoms with Crippen LogP contribution >= 0.6 is 0 Å². The van der Waals surface area contributed by atoms with Gasteiger partial charge in [0.05, 0.1) is 11.4 Å². The van der Waals surface area contributed by atoms with E-state index in [1.54, 1.807) is 4.68 Å². The van der Waals surface area contributed by atoms with Gasteiger partial charge in [0.25, 0.3) is 0 Å². The first-order valence-corrected chi connectivity index (χ1v) is 15.7. The number of aryl methyl sites for hydroxylation is 3. The van der Waals surface area contributed by atoms with Crippen LogP contribution in [0.15, 0.2) is 78.9 Å². The van der Waals surface area contributed by atoms with E-state index in [2.05, 4.69) is 74.7 Å². The third kappa shape index (κ3) is 8.16. The Bertz CT molecular complexity index is 1560. The first-order valence-electron chi connectivity index (χ1n) is 15.7. The number of nitrogens with zero attached hydrogens (tertiary/aromatic N) is 3. The average molecular weight is 592 g/mol. The molecule has 1 aliphatic rings. The summed E-state index contributed by atoms with van der Waals surface area (Å²) in [4.78, 5) is 27.8. The Morgan fingerprint density at radius 2 is 1.41 bits per heavy atom. The number of likely N-dealkylation sites (tertiary alicyclic amines) is 1. The fourth-order valence-corrected chi connectivity index (χ4v) is 5.61. The van der Waals surface area contributed by atoms with Crippen LogP contribution in [0.2, 0.25) is 0 Å². The summed E-state index contributed by atoms with van der Waals surface area (Å²) in [5.74, 6) is 1.43. The van der Waals surface area contributed by atoms with Gasteiger partial charge >= 0.3 is 6.03 Å². The second-order valence-corrected chi connectivity index (χ2v) is 13.2. The van der Waals surface area contributed by atoms with E-state index in [0.717, 1.165) is 61.4 Å². The van der Waals surface area contributed by atoms with Crippen molar-refractivity contribution in [1.29, 1.82) is 0 Å². The lowest BCUT2D eigenvalue weighted by Gasteiger charge is -2.32. The minimum Gasteiger partial charge on any atom is -0.343 e. The lowest BCUT2D eigenvalue weighted by atomic mass is 9.90. The SMILES string of the molecule is Cc1ccc(CCC(=O)N2CCC(Cc3ccc(NC(=O)Nc4cc(C(C)(C)C)nn4-c4ccc(C)cc4)cc3)CC2)cc1. The molecule has 7 heteroatoms. The molecule has 0 saturated carbocycles. The van der Waals surface area contributed by atoms with Crippen molar-refractivity contribution in [3.63, 3.8) is 0 Å². The quantitative estimate of drug-likeness (QED) is 0.219. The lowest BCUT2D eigenvalue weighted by Crippen LogP contribution is -2.39. The number of amides is 3. The zero-order chi connectivity index (χ0) is 31.3. The number of carbonyl (C=O) groups excluding carboxylic acids is 2. The molecule has 0 spiro atoms. The van der Waals surface area contributed by atoms with E-state index >= 15 is 0 Å². The number of nitrogens with one attached hydrogen (secondary N) is 2. The van der Waals surface area contributed by atoms with Crippen molar-refractivity contribution in [2.75, 3.05) is 23.7 Å². The van der Waals surface area contributed by atoms with Gasteiger partial charge < -0.3 is 10.2 Å². The van der Waals surface area contributed by atoms with E-state index < -0.39 is 0 Å². The molecule has 4 aromatic rings. The number of hydrogen-bond donors (Lipinski definition) is 2. The Morgan fingerprint density at radius 3 is 2.02 bits per heavy atom. The summed E-state index contributed by atoms with van der Waals surface area (Å²) >= 11 is 0. The van der Waals surface area contributed by atoms with Crippen molar-refractivity contribution in [1.82, 2.24) is 14.7 Å². The lowest BCUT2D eigenvalue weighted by molar-refractivity contribution is -0.132. The van der Waals surface area contributed by atoms with Crippen LogP contribution in [-0.2, 0) is 23.1 Å². The number of piperidine rings is 1. The molecule has 1 aromatic heterocycles. The summed E-state index contributed by atoms with van der Waals surface area (Å²) < 4.78 is 1.78. The highest BCUT2D eigenvalue weighted by molar-refractivity contribution is 5.99. The summed E-state index contributed by atoms with van der Waals surface area (Å²) in [7, 11) is 0. The van der Waals surface area contributed by atoms with Crippen LogP contribution in [0.3, 0.4) is 0 Å². The summed E-state index contributed by atoms with van der Waals surface area (Å²) in [5, 5.41) is 10.8. The van der Waals surface area contributed by atoms with Crippen LogP contribution < -0.4 is 10.6 Å². The molecule has 0 radical (unpaired) electrons. The van der Waals surface area contributed by atoms with E-state index in [0.29, 0.717) is 18.2 Å². The van der Waals surface area contributed by atoms with Crippen molar-refractivity contribution in [3.8, 4) is 5.69 Å². The van der Waals surface area contributed by atoms with E-state index in [1.807, 2.05) is 54.3 Å². The van der Waals surface area contributed by atoms with Gasteiger partial charge in [-0.2, -0.15) is 5.10 Å². The molecule has 44 heavy (non-hydrogen) atoms. The van der Waals surface area contributed by atoms with Crippen molar-refractivity contribution < 1.29 is 9.59 Å². The van der Waals surface area contributed by atoms with Gasteiger partial charge in [-0.3, -0.25) is 10.1 Å². The number of hydrogen-bond acceptors (Lipinski definition) is 3.